The van der Waals surface area contributed by atoms with E-state index in [1.54, 1.807) is 11.3 Å². The van der Waals surface area contributed by atoms with Gasteiger partial charge in [0.25, 0.3) is 0 Å². The summed E-state index contributed by atoms with van der Waals surface area (Å²) in [6.45, 7) is 11.2. The SMILES string of the molecule is Cc1nnc(SCC(=O)N2CCN(C(C)C)[C@@H](C)C2)s1. The average molecular weight is 314 g/mol. The van der Waals surface area contributed by atoms with Crippen LogP contribution in [-0.4, -0.2) is 63.4 Å². The molecule has 1 atom stereocenters. The van der Waals surface area contributed by atoms with Crippen molar-refractivity contribution in [1.82, 2.24) is 20.0 Å². The van der Waals surface area contributed by atoms with Gasteiger partial charge in [-0.15, -0.1) is 10.2 Å². The van der Waals surface area contributed by atoms with Crippen LogP contribution in [0.2, 0.25) is 0 Å². The molecule has 1 aromatic heterocycles. The number of carbonyl (C=O) groups is 1. The predicted molar refractivity (Wildman–Crippen MR) is 83.3 cm³/mol. The molecule has 1 fully saturated rings. The maximum absolute atomic E-state index is 12.2. The summed E-state index contributed by atoms with van der Waals surface area (Å²) >= 11 is 3.03. The molecule has 0 aliphatic carbocycles. The van der Waals surface area contributed by atoms with Crippen LogP contribution in [0.25, 0.3) is 0 Å². The second kappa shape index (κ2) is 6.87. The highest BCUT2D eigenvalue weighted by Crippen LogP contribution is 2.22. The Hall–Kier alpha value is -0.660. The van der Waals surface area contributed by atoms with Crippen molar-refractivity contribution in [2.24, 2.45) is 0 Å². The molecule has 1 aliphatic rings. The van der Waals surface area contributed by atoms with Crippen molar-refractivity contribution in [2.45, 2.75) is 44.1 Å². The topological polar surface area (TPSA) is 49.3 Å². The minimum absolute atomic E-state index is 0.207. The second-order valence-electron chi connectivity index (χ2n) is 5.40. The van der Waals surface area contributed by atoms with Crippen LogP contribution in [0.3, 0.4) is 0 Å². The molecule has 112 valence electrons. The quantitative estimate of drug-likeness (QED) is 0.794. The molecule has 7 heteroatoms. The molecular formula is C13H22N4OS2. The zero-order valence-corrected chi connectivity index (χ0v) is 14.1. The van der Waals surface area contributed by atoms with Gasteiger partial charge < -0.3 is 4.90 Å². The lowest BCUT2D eigenvalue weighted by molar-refractivity contribution is -0.131. The number of hydrogen-bond acceptors (Lipinski definition) is 6. The summed E-state index contributed by atoms with van der Waals surface area (Å²) in [5.74, 6) is 0.668. The van der Waals surface area contributed by atoms with Gasteiger partial charge in [-0.25, -0.2) is 0 Å². The van der Waals surface area contributed by atoms with Gasteiger partial charge in [-0.2, -0.15) is 0 Å². The number of hydrogen-bond donors (Lipinski definition) is 0. The first-order valence-corrected chi connectivity index (χ1v) is 8.74. The summed E-state index contributed by atoms with van der Waals surface area (Å²) in [5.41, 5.74) is 0. The van der Waals surface area contributed by atoms with Crippen LogP contribution in [0.4, 0.5) is 0 Å². The van der Waals surface area contributed by atoms with E-state index in [0.29, 0.717) is 17.8 Å². The van der Waals surface area contributed by atoms with Gasteiger partial charge in [0.05, 0.1) is 5.75 Å². The first-order chi connectivity index (χ1) is 9.47. The Morgan fingerprint density at radius 2 is 2.20 bits per heavy atom. The normalized spacial score (nSPS) is 20.6. The minimum atomic E-state index is 0.207. The first kappa shape index (κ1) is 15.7. The maximum atomic E-state index is 12.2. The van der Waals surface area contributed by atoms with Gasteiger partial charge >= 0.3 is 0 Å². The molecule has 1 aromatic rings. The van der Waals surface area contributed by atoms with Gasteiger partial charge in [0.15, 0.2) is 4.34 Å². The molecule has 1 saturated heterocycles. The Morgan fingerprint density at radius 3 is 2.75 bits per heavy atom. The standard InChI is InChI=1S/C13H22N4OS2/c1-9(2)17-6-5-16(7-10(17)3)12(18)8-19-13-15-14-11(4)20-13/h9-10H,5-8H2,1-4H3/t10-/m0/s1. The lowest BCUT2D eigenvalue weighted by atomic mass is 10.1. The van der Waals surface area contributed by atoms with Crippen LogP contribution in [0.15, 0.2) is 4.34 Å². The summed E-state index contributed by atoms with van der Waals surface area (Å²) < 4.78 is 0.879. The van der Waals surface area contributed by atoms with E-state index in [1.807, 2.05) is 11.8 Å². The van der Waals surface area contributed by atoms with Crippen LogP contribution >= 0.6 is 23.1 Å². The van der Waals surface area contributed by atoms with Crippen molar-refractivity contribution in [3.63, 3.8) is 0 Å². The lowest BCUT2D eigenvalue weighted by Crippen LogP contribution is -2.55. The molecule has 0 saturated carbocycles. The molecular weight excluding hydrogens is 292 g/mol. The third-order valence-corrected chi connectivity index (χ3v) is 5.48. The highest BCUT2D eigenvalue weighted by molar-refractivity contribution is 8.01. The number of aromatic nitrogens is 2. The third-order valence-electron chi connectivity index (χ3n) is 3.52. The Balaban J connectivity index is 1.82. The Kier molecular flexibility index (Phi) is 5.40. The summed E-state index contributed by atoms with van der Waals surface area (Å²) in [7, 11) is 0. The van der Waals surface area contributed by atoms with Gasteiger partial charge in [-0.3, -0.25) is 9.69 Å². The fourth-order valence-corrected chi connectivity index (χ4v) is 4.24. The Labute approximate surface area is 128 Å². The molecule has 1 aliphatic heterocycles. The largest absolute Gasteiger partial charge is 0.339 e. The molecule has 0 unspecified atom stereocenters. The summed E-state index contributed by atoms with van der Waals surface area (Å²) in [6, 6.07) is 0.975. The van der Waals surface area contributed by atoms with E-state index in [0.717, 1.165) is 29.0 Å². The Bertz CT molecular complexity index is 463. The molecule has 0 radical (unpaired) electrons. The van der Waals surface area contributed by atoms with Crippen LogP contribution in [-0.2, 0) is 4.79 Å². The van der Waals surface area contributed by atoms with Crippen molar-refractivity contribution in [3.05, 3.63) is 5.01 Å². The zero-order valence-electron chi connectivity index (χ0n) is 12.5. The van der Waals surface area contributed by atoms with E-state index >= 15 is 0 Å². The number of carbonyl (C=O) groups excluding carboxylic acids is 1. The monoisotopic (exact) mass is 314 g/mol. The molecule has 1 amide bonds. The number of thioether (sulfide) groups is 1. The summed E-state index contributed by atoms with van der Waals surface area (Å²) in [4.78, 5) is 16.7. The molecule has 0 spiro atoms. The molecule has 0 bridgehead atoms. The second-order valence-corrected chi connectivity index (χ2v) is 7.80. The van der Waals surface area contributed by atoms with Gasteiger partial charge in [0.1, 0.15) is 5.01 Å². The number of piperazine rings is 1. The molecule has 2 rings (SSSR count). The fourth-order valence-electron chi connectivity index (χ4n) is 2.52. The lowest BCUT2D eigenvalue weighted by Gasteiger charge is -2.42. The van der Waals surface area contributed by atoms with Crippen LogP contribution in [0, 0.1) is 6.92 Å². The van der Waals surface area contributed by atoms with E-state index in [2.05, 4.69) is 35.9 Å². The maximum Gasteiger partial charge on any atom is 0.233 e. The van der Waals surface area contributed by atoms with E-state index in [-0.39, 0.29) is 5.91 Å². The van der Waals surface area contributed by atoms with Crippen LogP contribution in [0.1, 0.15) is 25.8 Å². The van der Waals surface area contributed by atoms with E-state index in [1.165, 1.54) is 11.8 Å². The van der Waals surface area contributed by atoms with Gasteiger partial charge in [-0.05, 0) is 27.7 Å². The molecule has 0 aromatic carbocycles. The summed E-state index contributed by atoms with van der Waals surface area (Å²) in [5, 5.41) is 8.94. The number of aryl methyl sites for hydroxylation is 1. The van der Waals surface area contributed by atoms with Crippen molar-refractivity contribution >= 4 is 29.0 Å². The highest BCUT2D eigenvalue weighted by atomic mass is 32.2. The highest BCUT2D eigenvalue weighted by Gasteiger charge is 2.27. The van der Waals surface area contributed by atoms with Crippen LogP contribution < -0.4 is 0 Å². The number of amides is 1. The van der Waals surface area contributed by atoms with E-state index < -0.39 is 0 Å². The first-order valence-electron chi connectivity index (χ1n) is 6.93. The van der Waals surface area contributed by atoms with E-state index in [9.17, 15) is 4.79 Å². The van der Waals surface area contributed by atoms with Gasteiger partial charge in [0.2, 0.25) is 5.91 Å². The predicted octanol–water partition coefficient (Wildman–Crippen LogP) is 1.88. The fraction of sp³-hybridized carbons (Fsp3) is 0.769. The number of rotatable bonds is 4. The molecule has 5 nitrogen and oxygen atoms in total. The van der Waals surface area contributed by atoms with Crippen LogP contribution in [0.5, 0.6) is 0 Å². The smallest absolute Gasteiger partial charge is 0.233 e. The molecule has 20 heavy (non-hydrogen) atoms. The third kappa shape index (κ3) is 3.93. The zero-order chi connectivity index (χ0) is 14.7. The summed E-state index contributed by atoms with van der Waals surface area (Å²) in [6.07, 6.45) is 0. The van der Waals surface area contributed by atoms with Gasteiger partial charge in [0, 0.05) is 31.7 Å². The molecule has 2 heterocycles. The average Bonchev–Trinajstić information content (AvgIpc) is 2.81. The van der Waals surface area contributed by atoms with Crippen molar-refractivity contribution in [2.75, 3.05) is 25.4 Å². The minimum Gasteiger partial charge on any atom is -0.339 e. The van der Waals surface area contributed by atoms with Crippen molar-refractivity contribution in [1.29, 1.82) is 0 Å². The van der Waals surface area contributed by atoms with E-state index in [4.69, 9.17) is 0 Å². The van der Waals surface area contributed by atoms with Crippen molar-refractivity contribution in [3.8, 4) is 0 Å². The number of nitrogens with zero attached hydrogens (tertiary/aromatic N) is 4. The van der Waals surface area contributed by atoms with Gasteiger partial charge in [-0.1, -0.05) is 23.1 Å². The van der Waals surface area contributed by atoms with Crippen molar-refractivity contribution < 1.29 is 4.79 Å². The Morgan fingerprint density at radius 1 is 1.45 bits per heavy atom. The molecule has 0 N–H and O–H groups in total.